The molecule has 0 aliphatic carbocycles. The van der Waals surface area contributed by atoms with Crippen molar-refractivity contribution in [3.63, 3.8) is 0 Å². The Hall–Kier alpha value is -12.9. The lowest BCUT2D eigenvalue weighted by molar-refractivity contribution is -0.133. The van der Waals surface area contributed by atoms with E-state index in [9.17, 15) is 14.4 Å². The van der Waals surface area contributed by atoms with E-state index in [0.29, 0.717) is 92.3 Å². The third kappa shape index (κ3) is 18.5. The van der Waals surface area contributed by atoms with Crippen molar-refractivity contribution in [1.29, 1.82) is 0 Å². The second kappa shape index (κ2) is 35.7. The lowest BCUT2D eigenvalue weighted by atomic mass is 10.2. The number of rotatable bonds is 21. The molecule has 564 valence electrons. The van der Waals surface area contributed by atoms with Gasteiger partial charge >= 0.3 is 0 Å². The van der Waals surface area contributed by atoms with Crippen LogP contribution in [0.5, 0.6) is 34.5 Å². The number of aryl methyl sites for hydroxylation is 1. The Morgan fingerprint density at radius 1 is 0.327 bits per heavy atom. The normalized spacial score (nSPS) is 13.5. The highest BCUT2D eigenvalue weighted by Crippen LogP contribution is 2.31. The molecule has 0 bridgehead atoms. The SMILES string of the molecule is COc1ccc(-c2nc(-c3ccc(OC)cc3)n(CC(=O)N3CCN(c4ccc(C)cn4)CC3)n2)cc1.COc1ccc(-c2nc(-c3ccc(OC)cc3)n(CC(=O)N3CCN(c4ccc(Cl)cn4)CC3)n2)cc1.COc1ccc(-c2nc(-c3ccc(OC)cc3)n(CC(=O)N3CCN(c4ccccn4)CC3)n2)cc1. The van der Waals surface area contributed by atoms with Crippen molar-refractivity contribution in [2.75, 3.05) is 136 Å². The lowest BCUT2D eigenvalue weighted by Crippen LogP contribution is -2.50. The maximum atomic E-state index is 13.3. The second-order valence-corrected chi connectivity index (χ2v) is 26.4. The van der Waals surface area contributed by atoms with Gasteiger partial charge in [0.25, 0.3) is 0 Å². The van der Waals surface area contributed by atoms with Gasteiger partial charge in [0.1, 0.15) is 71.6 Å². The van der Waals surface area contributed by atoms with Crippen LogP contribution >= 0.6 is 11.6 Å². The van der Waals surface area contributed by atoms with Gasteiger partial charge in [-0.15, -0.1) is 15.3 Å². The van der Waals surface area contributed by atoms with Crippen molar-refractivity contribution in [3.05, 3.63) is 217 Å². The molecule has 0 N–H and O–H groups in total. The number of carbonyl (C=O) groups excluding carboxylic acids is 3. The minimum atomic E-state index is -0.00958. The minimum absolute atomic E-state index is 0.00958. The van der Waals surface area contributed by atoms with E-state index < -0.39 is 0 Å². The van der Waals surface area contributed by atoms with Crippen molar-refractivity contribution in [3.8, 4) is 103 Å². The Labute approximate surface area is 642 Å². The lowest BCUT2D eigenvalue weighted by Gasteiger charge is -2.35. The molecule has 110 heavy (non-hydrogen) atoms. The Bertz CT molecular complexity index is 4780. The Morgan fingerprint density at radius 2 is 0.609 bits per heavy atom. The number of piperazine rings is 3. The molecule has 6 aromatic heterocycles. The third-order valence-electron chi connectivity index (χ3n) is 19.1. The zero-order valence-corrected chi connectivity index (χ0v) is 63.1. The number of benzene rings is 6. The Balaban J connectivity index is 0.000000145. The highest BCUT2D eigenvalue weighted by atomic mass is 35.5. The number of hydrogen-bond donors (Lipinski definition) is 0. The molecule has 15 rings (SSSR count). The molecule has 0 atom stereocenters. The van der Waals surface area contributed by atoms with Gasteiger partial charge in [-0.2, -0.15) is 0 Å². The molecule has 27 nitrogen and oxygen atoms in total. The average molecular weight is 1500 g/mol. The van der Waals surface area contributed by atoms with E-state index >= 15 is 0 Å². The quantitative estimate of drug-likeness (QED) is 0.0647. The fourth-order valence-electron chi connectivity index (χ4n) is 12.8. The topological polar surface area (TPSA) is 257 Å². The molecule has 3 fully saturated rings. The van der Waals surface area contributed by atoms with E-state index in [2.05, 4.69) is 35.7 Å². The summed E-state index contributed by atoms with van der Waals surface area (Å²) in [4.78, 5) is 79.9. The van der Waals surface area contributed by atoms with Crippen LogP contribution in [-0.2, 0) is 34.0 Å². The predicted molar refractivity (Wildman–Crippen MR) is 421 cm³/mol. The van der Waals surface area contributed by atoms with Crippen LogP contribution in [0.4, 0.5) is 17.5 Å². The number of aromatic nitrogens is 12. The zero-order chi connectivity index (χ0) is 76.5. The molecule has 3 saturated heterocycles. The maximum Gasteiger partial charge on any atom is 0.244 e. The molecule has 3 aliphatic rings. The number of amides is 3. The molecule has 6 aromatic carbocycles. The summed E-state index contributed by atoms with van der Waals surface area (Å²) in [6.07, 6.45) is 5.30. The molecule has 0 saturated carbocycles. The fraction of sp³-hybridized carbons (Fsp3) is 0.268. The summed E-state index contributed by atoms with van der Waals surface area (Å²) in [5.41, 5.74) is 6.23. The van der Waals surface area contributed by atoms with E-state index in [4.69, 9.17) is 70.3 Å². The molecule has 3 aliphatic heterocycles. The molecule has 0 spiro atoms. The number of methoxy groups -OCH3 is 6. The summed E-state index contributed by atoms with van der Waals surface area (Å²) in [5, 5.41) is 14.8. The fourth-order valence-corrected chi connectivity index (χ4v) is 12.9. The number of halogens is 1. The third-order valence-corrected chi connectivity index (χ3v) is 19.3. The van der Waals surface area contributed by atoms with Crippen LogP contribution in [-0.4, -0.2) is 213 Å². The highest BCUT2D eigenvalue weighted by molar-refractivity contribution is 6.30. The molecule has 9 heterocycles. The number of nitrogens with zero attached hydrogens (tertiary/aromatic N) is 18. The standard InChI is InChI=1S/C28H30N6O3.C27H27ClN6O3.C27H28N6O3/c1-20-4-13-25(29-18-20)32-14-16-33(17-15-32)26(35)19-34-28(22-7-11-24(37-3)12-8-22)30-27(31-34)21-5-9-23(36-2)10-6-21;1-36-22-8-3-19(4-9-22)26-30-27(20-5-10-23(37-2)11-6-20)34(31-26)18-25(35)33-15-13-32(14-16-33)24-12-7-21(28)17-29-24;1-35-22-10-6-20(7-11-22)26-29-27(21-8-12-23(36-2)13-9-21)33(30-26)19-25(34)32-17-15-31(16-18-32)24-5-3-4-14-28-24/h4-13,18H,14-17,19H2,1-3H3;3-12,17H,13-16,18H2,1-2H3;3-14H,15-19H2,1-2H3. The van der Waals surface area contributed by atoms with Crippen LogP contribution in [0.3, 0.4) is 0 Å². The number of pyridine rings is 3. The van der Waals surface area contributed by atoms with Crippen molar-refractivity contribution in [1.82, 2.24) is 73.9 Å². The first kappa shape index (κ1) is 75.3. The van der Waals surface area contributed by atoms with Gasteiger partial charge < -0.3 is 57.8 Å². The second-order valence-electron chi connectivity index (χ2n) is 25.9. The molecule has 12 aromatic rings. The van der Waals surface area contributed by atoms with Crippen LogP contribution in [0.1, 0.15) is 5.56 Å². The summed E-state index contributed by atoms with van der Waals surface area (Å²) < 4.78 is 36.7. The van der Waals surface area contributed by atoms with Crippen LogP contribution in [0.15, 0.2) is 207 Å². The summed E-state index contributed by atoms with van der Waals surface area (Å²) >= 11 is 5.96. The predicted octanol–water partition coefficient (Wildman–Crippen LogP) is 11.1. The van der Waals surface area contributed by atoms with E-state index in [1.165, 1.54) is 0 Å². The van der Waals surface area contributed by atoms with Gasteiger partial charge in [-0.3, -0.25) is 14.4 Å². The van der Waals surface area contributed by atoms with Gasteiger partial charge in [0.2, 0.25) is 17.7 Å². The summed E-state index contributed by atoms with van der Waals surface area (Å²) in [6.45, 7) is 10.4. The van der Waals surface area contributed by atoms with Gasteiger partial charge in [-0.25, -0.2) is 43.9 Å². The van der Waals surface area contributed by atoms with Crippen LogP contribution in [0.25, 0.3) is 68.3 Å². The number of hydrogen-bond acceptors (Lipinski definition) is 21. The molecule has 28 heteroatoms. The summed E-state index contributed by atoms with van der Waals surface area (Å²) in [5.74, 6) is 10.8. The van der Waals surface area contributed by atoms with Crippen LogP contribution < -0.4 is 43.1 Å². The molecular formula is C82H85ClN18O9. The van der Waals surface area contributed by atoms with Gasteiger partial charge in [0.05, 0.1) is 47.7 Å². The Morgan fingerprint density at radius 3 is 0.864 bits per heavy atom. The summed E-state index contributed by atoms with van der Waals surface area (Å²) in [7, 11) is 9.78. The van der Waals surface area contributed by atoms with Crippen molar-refractivity contribution >= 4 is 46.8 Å². The van der Waals surface area contributed by atoms with Crippen molar-refractivity contribution in [2.45, 2.75) is 26.6 Å². The highest BCUT2D eigenvalue weighted by Gasteiger charge is 2.29. The largest absolute Gasteiger partial charge is 0.497 e. The van der Waals surface area contributed by atoms with Gasteiger partial charge in [-0.05, 0) is 188 Å². The van der Waals surface area contributed by atoms with E-state index in [0.717, 1.165) is 117 Å². The number of anilines is 3. The smallest absolute Gasteiger partial charge is 0.244 e. The molecular weight excluding hydrogens is 1420 g/mol. The van der Waals surface area contributed by atoms with Crippen LogP contribution in [0.2, 0.25) is 5.02 Å². The zero-order valence-electron chi connectivity index (χ0n) is 62.3. The van der Waals surface area contributed by atoms with E-state index in [1.54, 1.807) is 69.1 Å². The van der Waals surface area contributed by atoms with E-state index in [-0.39, 0.29) is 37.4 Å². The number of carbonyl (C=O) groups is 3. The molecule has 0 radical (unpaired) electrons. The van der Waals surface area contributed by atoms with Gasteiger partial charge in [0.15, 0.2) is 34.9 Å². The van der Waals surface area contributed by atoms with E-state index in [1.807, 2.05) is 210 Å². The van der Waals surface area contributed by atoms with Gasteiger partial charge in [0, 0.05) is 131 Å². The monoisotopic (exact) mass is 1500 g/mol. The average Bonchev–Trinajstić information content (AvgIpc) is 1.66. The van der Waals surface area contributed by atoms with Crippen molar-refractivity contribution < 1.29 is 42.8 Å². The first-order chi connectivity index (χ1) is 53.7. The van der Waals surface area contributed by atoms with Crippen molar-refractivity contribution in [2.24, 2.45) is 0 Å². The first-order valence-corrected chi connectivity index (χ1v) is 36.3. The molecule has 3 amide bonds. The summed E-state index contributed by atoms with van der Waals surface area (Å²) in [6, 6.07) is 59.1. The van der Waals surface area contributed by atoms with Gasteiger partial charge in [-0.1, -0.05) is 23.7 Å². The molecule has 0 unspecified atom stereocenters. The number of ether oxygens (including phenoxy) is 6. The van der Waals surface area contributed by atoms with Crippen LogP contribution in [0, 0.1) is 6.92 Å². The maximum absolute atomic E-state index is 13.3. The Kier molecular flexibility index (Phi) is 24.4. The minimum Gasteiger partial charge on any atom is -0.497 e. The first-order valence-electron chi connectivity index (χ1n) is 36.0.